The number of carbonyl (C=O) groups excluding carboxylic acids is 3. The first-order valence-corrected chi connectivity index (χ1v) is 11.5. The summed E-state index contributed by atoms with van der Waals surface area (Å²) < 4.78 is 10.5. The standard InChI is InChI=1S/C25H26ClN3O5/c1-33-18-11-12-19(20(15-18)34-2)29-24(31)21(26)22(25(29)32)27-17-9-7-16(8-10-17)23(30)28-13-5-3-4-6-14-28/h7-12,15,27H,3-6,13-14H2,1-2H3. The molecule has 178 valence electrons. The van der Waals surface area contributed by atoms with Crippen LogP contribution in [0.4, 0.5) is 11.4 Å². The molecular formula is C25H26ClN3O5. The zero-order valence-electron chi connectivity index (χ0n) is 19.1. The lowest BCUT2D eigenvalue weighted by molar-refractivity contribution is -0.120. The molecule has 0 atom stereocenters. The summed E-state index contributed by atoms with van der Waals surface area (Å²) >= 11 is 6.25. The zero-order chi connectivity index (χ0) is 24.2. The largest absolute Gasteiger partial charge is 0.497 e. The highest BCUT2D eigenvalue weighted by Gasteiger charge is 2.40. The van der Waals surface area contributed by atoms with Crippen molar-refractivity contribution < 1.29 is 23.9 Å². The number of likely N-dealkylation sites (tertiary alicyclic amines) is 1. The molecular weight excluding hydrogens is 458 g/mol. The molecule has 2 aliphatic heterocycles. The van der Waals surface area contributed by atoms with Gasteiger partial charge < -0.3 is 19.7 Å². The van der Waals surface area contributed by atoms with Crippen LogP contribution >= 0.6 is 11.6 Å². The molecule has 8 nitrogen and oxygen atoms in total. The molecule has 1 saturated heterocycles. The van der Waals surface area contributed by atoms with Crippen molar-refractivity contribution >= 4 is 40.7 Å². The van der Waals surface area contributed by atoms with Crippen LogP contribution in [0, 0.1) is 0 Å². The maximum Gasteiger partial charge on any atom is 0.283 e. The molecule has 3 amide bonds. The summed E-state index contributed by atoms with van der Waals surface area (Å²) in [5, 5.41) is 2.70. The van der Waals surface area contributed by atoms with E-state index in [1.54, 1.807) is 42.5 Å². The van der Waals surface area contributed by atoms with E-state index < -0.39 is 11.8 Å². The monoisotopic (exact) mass is 483 g/mol. The summed E-state index contributed by atoms with van der Waals surface area (Å²) in [7, 11) is 2.94. The lowest BCUT2D eigenvalue weighted by Gasteiger charge is -2.20. The summed E-state index contributed by atoms with van der Waals surface area (Å²) in [5.74, 6) is -0.459. The van der Waals surface area contributed by atoms with E-state index in [1.807, 2.05) is 4.90 Å². The SMILES string of the molecule is COc1ccc(N2C(=O)C(Cl)=C(Nc3ccc(C(=O)N4CCCCCC4)cc3)C2=O)c(OC)c1. The number of halogens is 1. The summed E-state index contributed by atoms with van der Waals surface area (Å²) in [4.78, 5) is 41.6. The minimum absolute atomic E-state index is 0.00408. The number of ether oxygens (including phenoxy) is 2. The van der Waals surface area contributed by atoms with E-state index in [4.69, 9.17) is 21.1 Å². The molecule has 2 aromatic carbocycles. The van der Waals surface area contributed by atoms with Crippen molar-refractivity contribution in [3.05, 3.63) is 58.8 Å². The third-order valence-corrected chi connectivity index (χ3v) is 6.30. The molecule has 1 N–H and O–H groups in total. The summed E-state index contributed by atoms with van der Waals surface area (Å²) in [5.41, 5.74) is 1.32. The van der Waals surface area contributed by atoms with Gasteiger partial charge in [-0.3, -0.25) is 14.4 Å². The number of anilines is 2. The van der Waals surface area contributed by atoms with Crippen molar-refractivity contribution in [2.75, 3.05) is 37.5 Å². The zero-order valence-corrected chi connectivity index (χ0v) is 19.9. The van der Waals surface area contributed by atoms with E-state index in [9.17, 15) is 14.4 Å². The maximum atomic E-state index is 13.1. The number of amides is 3. The van der Waals surface area contributed by atoms with Gasteiger partial charge >= 0.3 is 0 Å². The number of hydrogen-bond donors (Lipinski definition) is 1. The summed E-state index contributed by atoms with van der Waals surface area (Å²) in [6.07, 6.45) is 4.33. The highest BCUT2D eigenvalue weighted by Crippen LogP contribution is 2.37. The Bertz CT molecular complexity index is 1140. The Morgan fingerprint density at radius 3 is 2.21 bits per heavy atom. The van der Waals surface area contributed by atoms with Gasteiger partial charge in [0.2, 0.25) is 0 Å². The molecule has 0 spiro atoms. The van der Waals surface area contributed by atoms with Gasteiger partial charge in [-0.05, 0) is 49.2 Å². The molecule has 1 fully saturated rings. The van der Waals surface area contributed by atoms with Gasteiger partial charge in [0.05, 0.1) is 19.9 Å². The van der Waals surface area contributed by atoms with Crippen LogP contribution < -0.4 is 19.7 Å². The number of hydrogen-bond acceptors (Lipinski definition) is 6. The lowest BCUT2D eigenvalue weighted by atomic mass is 10.1. The number of rotatable bonds is 6. The van der Waals surface area contributed by atoms with Crippen LogP contribution in [0.5, 0.6) is 11.5 Å². The van der Waals surface area contributed by atoms with Crippen LogP contribution in [0.3, 0.4) is 0 Å². The highest BCUT2D eigenvalue weighted by molar-refractivity contribution is 6.53. The average molecular weight is 484 g/mol. The van der Waals surface area contributed by atoms with Crippen molar-refractivity contribution in [2.45, 2.75) is 25.7 Å². The van der Waals surface area contributed by atoms with Gasteiger partial charge in [-0.15, -0.1) is 0 Å². The first-order valence-electron chi connectivity index (χ1n) is 11.1. The Hall–Kier alpha value is -3.52. The number of imide groups is 1. The van der Waals surface area contributed by atoms with Crippen molar-refractivity contribution in [1.29, 1.82) is 0 Å². The van der Waals surface area contributed by atoms with Gasteiger partial charge in [0, 0.05) is 30.4 Å². The third kappa shape index (κ3) is 4.59. The molecule has 2 aromatic rings. The van der Waals surface area contributed by atoms with E-state index >= 15 is 0 Å². The molecule has 2 heterocycles. The summed E-state index contributed by atoms with van der Waals surface area (Å²) in [6, 6.07) is 11.6. The second kappa shape index (κ2) is 10.2. The fraction of sp³-hybridized carbons (Fsp3) is 0.320. The minimum atomic E-state index is -0.661. The van der Waals surface area contributed by atoms with Gasteiger partial charge in [0.15, 0.2) is 0 Å². The molecule has 0 aromatic heterocycles. The topological polar surface area (TPSA) is 88.2 Å². The van der Waals surface area contributed by atoms with E-state index in [-0.39, 0.29) is 22.3 Å². The smallest absolute Gasteiger partial charge is 0.283 e. The molecule has 2 aliphatic rings. The molecule has 0 unspecified atom stereocenters. The second-order valence-corrected chi connectivity index (χ2v) is 8.46. The molecule has 4 rings (SSSR count). The van der Waals surface area contributed by atoms with Gasteiger partial charge in [0.1, 0.15) is 22.2 Å². The Morgan fingerprint density at radius 1 is 0.912 bits per heavy atom. The lowest BCUT2D eigenvalue weighted by Crippen LogP contribution is -2.32. The normalized spacial score (nSPS) is 16.6. The van der Waals surface area contributed by atoms with Gasteiger partial charge in [0.25, 0.3) is 17.7 Å². The minimum Gasteiger partial charge on any atom is -0.497 e. The number of nitrogens with zero attached hydrogens (tertiary/aromatic N) is 2. The first-order chi connectivity index (χ1) is 16.4. The predicted octanol–water partition coefficient (Wildman–Crippen LogP) is 4.16. The van der Waals surface area contributed by atoms with Crippen LogP contribution in [-0.2, 0) is 9.59 Å². The van der Waals surface area contributed by atoms with Gasteiger partial charge in [-0.1, -0.05) is 24.4 Å². The van der Waals surface area contributed by atoms with Crippen LogP contribution in [-0.4, -0.2) is 49.9 Å². The maximum absolute atomic E-state index is 13.1. The predicted molar refractivity (Wildman–Crippen MR) is 129 cm³/mol. The van der Waals surface area contributed by atoms with Crippen LogP contribution in [0.15, 0.2) is 53.2 Å². The van der Waals surface area contributed by atoms with E-state index in [0.29, 0.717) is 22.7 Å². The molecule has 0 radical (unpaired) electrons. The third-order valence-electron chi connectivity index (χ3n) is 5.95. The fourth-order valence-corrected chi connectivity index (χ4v) is 4.31. The van der Waals surface area contributed by atoms with Crippen LogP contribution in [0.1, 0.15) is 36.0 Å². The van der Waals surface area contributed by atoms with Crippen molar-refractivity contribution in [1.82, 2.24) is 4.90 Å². The highest BCUT2D eigenvalue weighted by atomic mass is 35.5. The Morgan fingerprint density at radius 2 is 1.59 bits per heavy atom. The van der Waals surface area contributed by atoms with Gasteiger partial charge in [-0.25, -0.2) is 4.90 Å². The number of carbonyl (C=O) groups is 3. The van der Waals surface area contributed by atoms with Crippen LogP contribution in [0.25, 0.3) is 0 Å². The average Bonchev–Trinajstić information content (AvgIpc) is 3.06. The van der Waals surface area contributed by atoms with E-state index in [2.05, 4.69) is 5.32 Å². The van der Waals surface area contributed by atoms with Crippen molar-refractivity contribution in [3.63, 3.8) is 0 Å². The Balaban J connectivity index is 1.51. The number of nitrogens with one attached hydrogen (secondary N) is 1. The van der Waals surface area contributed by atoms with E-state index in [0.717, 1.165) is 43.7 Å². The Kier molecular flexibility index (Phi) is 7.07. The first kappa shape index (κ1) is 23.6. The Labute approximate surface area is 203 Å². The molecule has 0 saturated carbocycles. The number of methoxy groups -OCH3 is 2. The second-order valence-electron chi connectivity index (χ2n) is 8.08. The van der Waals surface area contributed by atoms with E-state index in [1.165, 1.54) is 14.2 Å². The molecule has 9 heteroatoms. The van der Waals surface area contributed by atoms with Gasteiger partial charge in [-0.2, -0.15) is 0 Å². The molecule has 0 bridgehead atoms. The quantitative estimate of drug-likeness (QED) is 0.621. The fourth-order valence-electron chi connectivity index (χ4n) is 4.10. The van der Waals surface area contributed by atoms with Crippen molar-refractivity contribution in [3.8, 4) is 11.5 Å². The van der Waals surface area contributed by atoms with Crippen molar-refractivity contribution in [2.24, 2.45) is 0 Å². The summed E-state index contributed by atoms with van der Waals surface area (Å²) in [6.45, 7) is 1.53. The number of benzene rings is 2. The molecule has 34 heavy (non-hydrogen) atoms. The molecule has 0 aliphatic carbocycles. The van der Waals surface area contributed by atoms with Crippen LogP contribution in [0.2, 0.25) is 0 Å².